The van der Waals surface area contributed by atoms with E-state index in [9.17, 15) is 14.4 Å². The molecule has 1 fully saturated rings. The molecule has 2 aromatic carbocycles. The van der Waals surface area contributed by atoms with Crippen molar-refractivity contribution >= 4 is 41.0 Å². The van der Waals surface area contributed by atoms with Gasteiger partial charge in [0.05, 0.1) is 17.4 Å². The molecular weight excluding hydrogens is 526 g/mol. The van der Waals surface area contributed by atoms with E-state index in [2.05, 4.69) is 22.2 Å². The lowest BCUT2D eigenvalue weighted by Gasteiger charge is -2.36. The van der Waals surface area contributed by atoms with Crippen molar-refractivity contribution in [2.24, 2.45) is 5.92 Å². The molecule has 4 heterocycles. The normalized spacial score (nSPS) is 20.0. The first-order chi connectivity index (χ1) is 19.4. The SMILES string of the molecule is C=CC(=O)N1CCC(C(=O)NC2Sc3nccc4c3C2NC(=O)N4c2ccc(Oc3ccccc3)cc2C)CC1. The van der Waals surface area contributed by atoms with Gasteiger partial charge in [0, 0.05) is 30.8 Å². The zero-order valence-corrected chi connectivity index (χ0v) is 22.8. The number of nitrogens with zero attached hydrogens (tertiary/aromatic N) is 3. The Bertz CT molecular complexity index is 1490. The van der Waals surface area contributed by atoms with Gasteiger partial charge in [0.2, 0.25) is 11.8 Å². The molecule has 3 aliphatic heterocycles. The molecule has 0 aliphatic carbocycles. The van der Waals surface area contributed by atoms with Crippen LogP contribution in [0.1, 0.15) is 30.0 Å². The summed E-state index contributed by atoms with van der Waals surface area (Å²) in [4.78, 5) is 46.5. The smallest absolute Gasteiger partial charge is 0.327 e. The maximum Gasteiger partial charge on any atom is 0.327 e. The van der Waals surface area contributed by atoms with Crippen LogP contribution in [0.25, 0.3) is 0 Å². The van der Waals surface area contributed by atoms with Crippen molar-refractivity contribution in [2.75, 3.05) is 18.0 Å². The second-order valence-electron chi connectivity index (χ2n) is 10.0. The van der Waals surface area contributed by atoms with Gasteiger partial charge in [-0.05, 0) is 67.8 Å². The van der Waals surface area contributed by atoms with Gasteiger partial charge in [0.15, 0.2) is 0 Å². The Balaban J connectivity index is 1.20. The third-order valence-corrected chi connectivity index (χ3v) is 8.72. The second-order valence-corrected chi connectivity index (χ2v) is 11.2. The average molecular weight is 556 g/mol. The highest BCUT2D eigenvalue weighted by atomic mass is 32.2. The summed E-state index contributed by atoms with van der Waals surface area (Å²) in [6.07, 6.45) is 4.18. The summed E-state index contributed by atoms with van der Waals surface area (Å²) in [7, 11) is 0. The molecule has 1 aromatic heterocycles. The third kappa shape index (κ3) is 4.79. The van der Waals surface area contributed by atoms with Crippen LogP contribution in [0, 0.1) is 12.8 Å². The summed E-state index contributed by atoms with van der Waals surface area (Å²) < 4.78 is 5.97. The summed E-state index contributed by atoms with van der Waals surface area (Å²) in [6.45, 7) is 6.53. The summed E-state index contributed by atoms with van der Waals surface area (Å²) in [5, 5.41) is 6.66. The van der Waals surface area contributed by atoms with Crippen LogP contribution in [0.3, 0.4) is 0 Å². The van der Waals surface area contributed by atoms with E-state index in [4.69, 9.17) is 4.74 Å². The highest BCUT2D eigenvalue weighted by molar-refractivity contribution is 8.00. The van der Waals surface area contributed by atoms with Gasteiger partial charge in [-0.15, -0.1) is 0 Å². The highest BCUT2D eigenvalue weighted by Gasteiger charge is 2.45. The lowest BCUT2D eigenvalue weighted by Crippen LogP contribution is -2.51. The van der Waals surface area contributed by atoms with Crippen molar-refractivity contribution in [3.63, 3.8) is 0 Å². The molecule has 2 N–H and O–H groups in total. The quantitative estimate of drug-likeness (QED) is 0.412. The van der Waals surface area contributed by atoms with E-state index in [0.717, 1.165) is 33.3 Å². The molecule has 0 radical (unpaired) electrons. The fourth-order valence-corrected chi connectivity index (χ4v) is 6.72. The third-order valence-electron chi connectivity index (χ3n) is 7.53. The fraction of sp³-hybridized carbons (Fsp3) is 0.267. The van der Waals surface area contributed by atoms with Gasteiger partial charge in [-0.2, -0.15) is 0 Å². The number of hydrogen-bond donors (Lipinski definition) is 2. The average Bonchev–Trinajstić information content (AvgIpc) is 3.31. The monoisotopic (exact) mass is 555 g/mol. The minimum Gasteiger partial charge on any atom is -0.457 e. The van der Waals surface area contributed by atoms with Gasteiger partial charge in [-0.3, -0.25) is 14.5 Å². The van der Waals surface area contributed by atoms with Gasteiger partial charge < -0.3 is 20.3 Å². The van der Waals surface area contributed by atoms with Gasteiger partial charge >= 0.3 is 6.03 Å². The number of pyridine rings is 1. The van der Waals surface area contributed by atoms with Crippen molar-refractivity contribution in [2.45, 2.75) is 36.2 Å². The number of rotatable bonds is 6. The fourth-order valence-electron chi connectivity index (χ4n) is 5.49. The molecule has 10 heteroatoms. The molecule has 9 nitrogen and oxygen atoms in total. The van der Waals surface area contributed by atoms with Gasteiger partial charge in [-0.25, -0.2) is 9.78 Å². The van der Waals surface area contributed by atoms with Crippen LogP contribution in [-0.4, -0.2) is 46.2 Å². The number of carbonyl (C=O) groups excluding carboxylic acids is 3. The summed E-state index contributed by atoms with van der Waals surface area (Å²) in [6, 6.07) is 16.4. The molecule has 2 atom stereocenters. The van der Waals surface area contributed by atoms with Crippen LogP contribution in [0.4, 0.5) is 16.2 Å². The predicted molar refractivity (Wildman–Crippen MR) is 153 cm³/mol. The molecule has 1 saturated heterocycles. The zero-order valence-electron chi connectivity index (χ0n) is 22.0. The van der Waals surface area contributed by atoms with Crippen molar-refractivity contribution in [1.29, 1.82) is 0 Å². The van der Waals surface area contributed by atoms with Crippen molar-refractivity contribution < 1.29 is 19.1 Å². The van der Waals surface area contributed by atoms with E-state index >= 15 is 0 Å². The van der Waals surface area contributed by atoms with Gasteiger partial charge in [-0.1, -0.05) is 36.5 Å². The standard InChI is InChI=1S/C30H29N5O4S/c1-3-24(36)34-15-12-19(13-16-34)27(37)33-29-26-25-23(11-14-31-28(25)40-29)35(30(38)32-26)22-10-9-21(17-18(22)2)39-20-7-5-4-6-8-20/h3-11,14,17,19,26,29H,1,12-13,15-16H2,2H3,(H,32,38)(H,33,37). The molecule has 3 aromatic rings. The van der Waals surface area contributed by atoms with E-state index in [0.29, 0.717) is 31.7 Å². The Morgan fingerprint density at radius 2 is 1.88 bits per heavy atom. The number of amides is 4. The molecule has 40 heavy (non-hydrogen) atoms. The Kier molecular flexibility index (Phi) is 6.93. The number of ether oxygens (including phenoxy) is 1. The molecule has 3 aliphatic rings. The minimum absolute atomic E-state index is 0.0703. The molecule has 204 valence electrons. The van der Waals surface area contributed by atoms with Crippen LogP contribution in [0.5, 0.6) is 11.5 Å². The zero-order chi connectivity index (χ0) is 27.8. The molecule has 6 rings (SSSR count). The highest BCUT2D eigenvalue weighted by Crippen LogP contribution is 2.50. The number of likely N-dealkylation sites (tertiary alicyclic amines) is 1. The number of aryl methyl sites for hydroxylation is 1. The van der Waals surface area contributed by atoms with Crippen LogP contribution in [-0.2, 0) is 9.59 Å². The number of benzene rings is 2. The van der Waals surface area contributed by atoms with Gasteiger partial charge in [0.1, 0.15) is 21.9 Å². The summed E-state index contributed by atoms with van der Waals surface area (Å²) in [5.41, 5.74) is 3.26. The Labute approximate surface area is 236 Å². The lowest BCUT2D eigenvalue weighted by atomic mass is 9.95. The lowest BCUT2D eigenvalue weighted by molar-refractivity contribution is -0.132. The van der Waals surface area contributed by atoms with Gasteiger partial charge in [0.25, 0.3) is 0 Å². The Morgan fingerprint density at radius 3 is 2.60 bits per heavy atom. The number of hydrogen-bond acceptors (Lipinski definition) is 6. The second kappa shape index (κ2) is 10.7. The van der Waals surface area contributed by atoms with Crippen molar-refractivity contribution in [3.8, 4) is 11.5 Å². The number of piperidine rings is 1. The number of anilines is 2. The Morgan fingerprint density at radius 1 is 1.10 bits per heavy atom. The van der Waals surface area contributed by atoms with Crippen molar-refractivity contribution in [3.05, 3.63) is 84.6 Å². The Hall–Kier alpha value is -4.31. The van der Waals surface area contributed by atoms with E-state index in [1.54, 1.807) is 16.0 Å². The number of urea groups is 1. The maximum absolute atomic E-state index is 13.5. The topological polar surface area (TPSA) is 104 Å². The maximum atomic E-state index is 13.5. The molecule has 2 unspecified atom stereocenters. The van der Waals surface area contributed by atoms with E-state index in [1.165, 1.54) is 17.8 Å². The molecule has 4 amide bonds. The van der Waals surface area contributed by atoms with Crippen molar-refractivity contribution in [1.82, 2.24) is 20.5 Å². The van der Waals surface area contributed by atoms with E-state index in [-0.39, 0.29) is 29.1 Å². The molecule has 0 bridgehead atoms. The van der Waals surface area contributed by atoms with Crippen LogP contribution in [0.15, 0.2) is 78.5 Å². The summed E-state index contributed by atoms with van der Waals surface area (Å²) >= 11 is 1.45. The molecule has 0 spiro atoms. The number of nitrogens with one attached hydrogen (secondary N) is 2. The van der Waals surface area contributed by atoms with Crippen LogP contribution < -0.4 is 20.3 Å². The first-order valence-electron chi connectivity index (χ1n) is 13.2. The molecular formula is C30H29N5O4S. The largest absolute Gasteiger partial charge is 0.457 e. The predicted octanol–water partition coefficient (Wildman–Crippen LogP) is 5.06. The first kappa shape index (κ1) is 25.9. The number of para-hydroxylation sites is 1. The minimum atomic E-state index is -0.403. The number of carbonyl (C=O) groups is 3. The van der Waals surface area contributed by atoms with E-state index in [1.807, 2.05) is 61.5 Å². The van der Waals surface area contributed by atoms with E-state index < -0.39 is 6.04 Å². The van der Waals surface area contributed by atoms with Crippen LogP contribution in [0.2, 0.25) is 0 Å². The number of thioether (sulfide) groups is 1. The first-order valence-corrected chi connectivity index (χ1v) is 14.1. The summed E-state index contributed by atoms with van der Waals surface area (Å²) in [5.74, 6) is 1.05. The number of aromatic nitrogens is 1. The molecule has 0 saturated carbocycles. The van der Waals surface area contributed by atoms with Crippen LogP contribution >= 0.6 is 11.8 Å².